The summed E-state index contributed by atoms with van der Waals surface area (Å²) in [7, 11) is 3.65. The Morgan fingerprint density at radius 3 is 2.74 bits per heavy atom. The third kappa shape index (κ3) is 2.02. The van der Waals surface area contributed by atoms with Gasteiger partial charge in [0.15, 0.2) is 11.5 Å². The van der Waals surface area contributed by atoms with Crippen LogP contribution in [-0.2, 0) is 0 Å². The number of phenolic OH excluding ortho intramolecular Hbond substituents is 1. The van der Waals surface area contributed by atoms with Gasteiger partial charge >= 0.3 is 0 Å². The SMILES string of the molecule is COc1cc(C2Sc3ccccc3N2C)ccc1O. The normalized spacial score (nSPS) is 17.4. The molecule has 4 heteroatoms. The van der Waals surface area contributed by atoms with Crippen LogP contribution >= 0.6 is 11.8 Å². The average molecular weight is 273 g/mol. The summed E-state index contributed by atoms with van der Waals surface area (Å²) in [6, 6.07) is 13.9. The molecule has 1 atom stereocenters. The van der Waals surface area contributed by atoms with Gasteiger partial charge in [-0.25, -0.2) is 0 Å². The number of ether oxygens (including phenoxy) is 1. The molecule has 0 radical (unpaired) electrons. The van der Waals surface area contributed by atoms with Crippen molar-refractivity contribution in [3.05, 3.63) is 48.0 Å². The Hall–Kier alpha value is -1.81. The van der Waals surface area contributed by atoms with E-state index in [1.165, 1.54) is 10.6 Å². The summed E-state index contributed by atoms with van der Waals surface area (Å²) >= 11 is 1.81. The standard InChI is InChI=1S/C15H15NO2S/c1-16-11-5-3-4-6-14(11)19-15(16)10-7-8-12(17)13(9-10)18-2/h3-9,15,17H,1-2H3. The lowest BCUT2D eigenvalue weighted by Crippen LogP contribution is -2.17. The molecule has 1 aliphatic heterocycles. The van der Waals surface area contributed by atoms with Gasteiger partial charge in [-0.2, -0.15) is 0 Å². The molecular formula is C15H15NO2S. The van der Waals surface area contributed by atoms with Crippen molar-refractivity contribution in [2.45, 2.75) is 10.3 Å². The van der Waals surface area contributed by atoms with Crippen LogP contribution in [0.5, 0.6) is 11.5 Å². The van der Waals surface area contributed by atoms with Crippen LogP contribution in [0.25, 0.3) is 0 Å². The van der Waals surface area contributed by atoms with Crippen molar-refractivity contribution in [3.63, 3.8) is 0 Å². The second-order valence-electron chi connectivity index (χ2n) is 4.48. The number of hydrogen-bond donors (Lipinski definition) is 1. The van der Waals surface area contributed by atoms with E-state index in [1.807, 2.05) is 23.9 Å². The van der Waals surface area contributed by atoms with E-state index < -0.39 is 0 Å². The molecule has 0 saturated heterocycles. The molecule has 2 aromatic carbocycles. The maximum Gasteiger partial charge on any atom is 0.160 e. The predicted octanol–water partition coefficient (Wildman–Crippen LogP) is 3.64. The summed E-state index contributed by atoms with van der Waals surface area (Å²) < 4.78 is 5.18. The van der Waals surface area contributed by atoms with E-state index in [1.54, 1.807) is 13.2 Å². The number of rotatable bonds is 2. The Bertz CT molecular complexity index is 615. The zero-order valence-electron chi connectivity index (χ0n) is 10.8. The smallest absolute Gasteiger partial charge is 0.160 e. The molecule has 3 rings (SSSR count). The minimum Gasteiger partial charge on any atom is -0.504 e. The topological polar surface area (TPSA) is 32.7 Å². The van der Waals surface area contributed by atoms with Crippen molar-refractivity contribution in [3.8, 4) is 11.5 Å². The van der Waals surface area contributed by atoms with Gasteiger partial charge in [0.05, 0.1) is 12.8 Å². The number of anilines is 1. The summed E-state index contributed by atoms with van der Waals surface area (Å²) in [6.45, 7) is 0. The van der Waals surface area contributed by atoms with Crippen molar-refractivity contribution in [2.24, 2.45) is 0 Å². The first-order valence-corrected chi connectivity index (χ1v) is 6.94. The van der Waals surface area contributed by atoms with E-state index in [0.29, 0.717) is 5.75 Å². The van der Waals surface area contributed by atoms with Crippen LogP contribution in [0.4, 0.5) is 5.69 Å². The summed E-state index contributed by atoms with van der Waals surface area (Å²) in [6.07, 6.45) is 0. The van der Waals surface area contributed by atoms with Gasteiger partial charge in [0.2, 0.25) is 0 Å². The highest BCUT2D eigenvalue weighted by atomic mass is 32.2. The molecule has 0 fully saturated rings. The van der Waals surface area contributed by atoms with Gasteiger partial charge in [-0.15, -0.1) is 0 Å². The van der Waals surface area contributed by atoms with Gasteiger partial charge < -0.3 is 14.7 Å². The lowest BCUT2D eigenvalue weighted by atomic mass is 10.1. The molecule has 0 aliphatic carbocycles. The largest absolute Gasteiger partial charge is 0.504 e. The first kappa shape index (κ1) is 12.2. The molecule has 2 aromatic rings. The van der Waals surface area contributed by atoms with Gasteiger partial charge in [-0.3, -0.25) is 0 Å². The number of para-hydroxylation sites is 1. The zero-order chi connectivity index (χ0) is 13.4. The Labute approximate surface area is 116 Å². The van der Waals surface area contributed by atoms with Crippen molar-refractivity contribution in [2.75, 3.05) is 19.1 Å². The van der Waals surface area contributed by atoms with Gasteiger partial charge in [-0.1, -0.05) is 30.0 Å². The van der Waals surface area contributed by atoms with Crippen LogP contribution in [-0.4, -0.2) is 19.3 Å². The van der Waals surface area contributed by atoms with E-state index in [-0.39, 0.29) is 11.1 Å². The second kappa shape index (κ2) is 4.70. The van der Waals surface area contributed by atoms with Gasteiger partial charge in [0, 0.05) is 11.9 Å². The van der Waals surface area contributed by atoms with Gasteiger partial charge in [-0.05, 0) is 29.8 Å². The van der Waals surface area contributed by atoms with Crippen molar-refractivity contribution in [1.82, 2.24) is 0 Å². The summed E-state index contributed by atoms with van der Waals surface area (Å²) in [5, 5.41) is 9.89. The Morgan fingerprint density at radius 1 is 1.21 bits per heavy atom. The van der Waals surface area contributed by atoms with Crippen LogP contribution in [0.15, 0.2) is 47.4 Å². The molecule has 19 heavy (non-hydrogen) atoms. The van der Waals surface area contributed by atoms with Gasteiger partial charge in [0.1, 0.15) is 5.37 Å². The molecule has 1 unspecified atom stereocenters. The number of fused-ring (bicyclic) bond motifs is 1. The van der Waals surface area contributed by atoms with Gasteiger partial charge in [0.25, 0.3) is 0 Å². The highest BCUT2D eigenvalue weighted by Crippen LogP contribution is 2.50. The number of methoxy groups -OCH3 is 1. The fourth-order valence-corrected chi connectivity index (χ4v) is 3.60. The molecule has 3 nitrogen and oxygen atoms in total. The van der Waals surface area contributed by atoms with E-state index in [9.17, 15) is 5.11 Å². The third-order valence-corrected chi connectivity index (χ3v) is 4.74. The highest BCUT2D eigenvalue weighted by Gasteiger charge is 2.28. The van der Waals surface area contributed by atoms with E-state index in [0.717, 1.165) is 5.56 Å². The van der Waals surface area contributed by atoms with Crippen LogP contribution in [0.2, 0.25) is 0 Å². The first-order chi connectivity index (χ1) is 9.20. The first-order valence-electron chi connectivity index (χ1n) is 6.06. The van der Waals surface area contributed by atoms with E-state index in [4.69, 9.17) is 4.74 Å². The molecule has 1 heterocycles. The zero-order valence-corrected chi connectivity index (χ0v) is 11.6. The maximum atomic E-state index is 9.67. The quantitative estimate of drug-likeness (QED) is 0.905. The minimum absolute atomic E-state index is 0.175. The Balaban J connectivity index is 1.97. The summed E-state index contributed by atoms with van der Waals surface area (Å²) in [5.41, 5.74) is 2.36. The Kier molecular flexibility index (Phi) is 3.03. The number of benzene rings is 2. The third-order valence-electron chi connectivity index (χ3n) is 3.32. The molecule has 0 spiro atoms. The van der Waals surface area contributed by atoms with Crippen molar-refractivity contribution >= 4 is 17.4 Å². The number of nitrogens with zero attached hydrogens (tertiary/aromatic N) is 1. The molecule has 0 aromatic heterocycles. The molecule has 98 valence electrons. The fraction of sp³-hybridized carbons (Fsp3) is 0.200. The monoisotopic (exact) mass is 273 g/mol. The van der Waals surface area contributed by atoms with Crippen LogP contribution in [0.1, 0.15) is 10.9 Å². The second-order valence-corrected chi connectivity index (χ2v) is 5.60. The number of aromatic hydroxyl groups is 1. The molecule has 1 aliphatic rings. The lowest BCUT2D eigenvalue weighted by Gasteiger charge is -2.22. The predicted molar refractivity (Wildman–Crippen MR) is 78.1 cm³/mol. The number of phenols is 1. The molecule has 1 N–H and O–H groups in total. The minimum atomic E-state index is 0.175. The Morgan fingerprint density at radius 2 is 2.00 bits per heavy atom. The fourth-order valence-electron chi connectivity index (χ4n) is 2.31. The van der Waals surface area contributed by atoms with E-state index in [2.05, 4.69) is 36.2 Å². The van der Waals surface area contributed by atoms with E-state index >= 15 is 0 Å². The number of hydrogen-bond acceptors (Lipinski definition) is 4. The lowest BCUT2D eigenvalue weighted by molar-refractivity contribution is 0.373. The summed E-state index contributed by atoms with van der Waals surface area (Å²) in [5.74, 6) is 0.692. The molecule has 0 bridgehead atoms. The molecular weight excluding hydrogens is 258 g/mol. The average Bonchev–Trinajstić information content (AvgIpc) is 2.77. The summed E-state index contributed by atoms with van der Waals surface area (Å²) in [4.78, 5) is 3.52. The van der Waals surface area contributed by atoms with Crippen molar-refractivity contribution in [1.29, 1.82) is 0 Å². The highest BCUT2D eigenvalue weighted by molar-refractivity contribution is 8.00. The van der Waals surface area contributed by atoms with Crippen LogP contribution < -0.4 is 9.64 Å². The molecule has 0 saturated carbocycles. The molecule has 0 amide bonds. The maximum absolute atomic E-state index is 9.67. The van der Waals surface area contributed by atoms with Crippen LogP contribution in [0, 0.1) is 0 Å². The van der Waals surface area contributed by atoms with Crippen molar-refractivity contribution < 1.29 is 9.84 Å². The van der Waals surface area contributed by atoms with Crippen LogP contribution in [0.3, 0.4) is 0 Å². The number of thioether (sulfide) groups is 1.